The predicted octanol–water partition coefficient (Wildman–Crippen LogP) is 5.60. The molecule has 0 bridgehead atoms. The SMILES string of the molecule is FC(F)(F)c1nc(SCc2ncc(-c3ccccc3)o2)c2ccccc2n1. The molecule has 0 saturated carbocycles. The van der Waals surface area contributed by atoms with E-state index in [1.54, 1.807) is 24.4 Å². The predicted molar refractivity (Wildman–Crippen MR) is 96.0 cm³/mol. The summed E-state index contributed by atoms with van der Waals surface area (Å²) in [7, 11) is 0. The number of hydrogen-bond donors (Lipinski definition) is 0. The van der Waals surface area contributed by atoms with E-state index in [-0.39, 0.29) is 16.3 Å². The number of fused-ring (bicyclic) bond motifs is 1. The minimum absolute atomic E-state index is 0.243. The van der Waals surface area contributed by atoms with Gasteiger partial charge in [0.15, 0.2) is 5.76 Å². The molecule has 4 aromatic rings. The van der Waals surface area contributed by atoms with Gasteiger partial charge >= 0.3 is 6.18 Å². The van der Waals surface area contributed by atoms with Crippen molar-refractivity contribution in [3.05, 3.63) is 72.5 Å². The smallest absolute Gasteiger partial charge is 0.440 e. The monoisotopic (exact) mass is 387 g/mol. The quantitative estimate of drug-likeness (QED) is 0.337. The molecule has 2 aromatic heterocycles. The molecule has 0 aliphatic rings. The molecule has 0 atom stereocenters. The van der Waals surface area contributed by atoms with Crippen LogP contribution < -0.4 is 0 Å². The third-order valence-electron chi connectivity index (χ3n) is 3.77. The van der Waals surface area contributed by atoms with E-state index in [0.29, 0.717) is 17.0 Å². The Balaban J connectivity index is 1.61. The first-order valence-corrected chi connectivity index (χ1v) is 8.96. The van der Waals surface area contributed by atoms with Crippen molar-refractivity contribution in [3.63, 3.8) is 0 Å². The fourth-order valence-electron chi connectivity index (χ4n) is 2.53. The van der Waals surface area contributed by atoms with Gasteiger partial charge in [0.05, 0.1) is 17.5 Å². The third-order valence-corrected chi connectivity index (χ3v) is 4.74. The van der Waals surface area contributed by atoms with E-state index in [2.05, 4.69) is 15.0 Å². The maximum absolute atomic E-state index is 13.1. The Labute approximate surface area is 156 Å². The molecule has 8 heteroatoms. The lowest BCUT2D eigenvalue weighted by atomic mass is 10.2. The van der Waals surface area contributed by atoms with Crippen LogP contribution in [-0.4, -0.2) is 15.0 Å². The van der Waals surface area contributed by atoms with Gasteiger partial charge in [-0.1, -0.05) is 60.3 Å². The molecule has 4 nitrogen and oxygen atoms in total. The number of halogens is 3. The second-order valence-electron chi connectivity index (χ2n) is 5.64. The van der Waals surface area contributed by atoms with Crippen LogP contribution in [0.1, 0.15) is 11.7 Å². The molecule has 136 valence electrons. The summed E-state index contributed by atoms with van der Waals surface area (Å²) in [5.74, 6) is 0.122. The van der Waals surface area contributed by atoms with Crippen molar-refractivity contribution in [1.29, 1.82) is 0 Å². The normalized spacial score (nSPS) is 11.8. The van der Waals surface area contributed by atoms with Crippen LogP contribution in [0.2, 0.25) is 0 Å². The molecule has 0 saturated heterocycles. The van der Waals surface area contributed by atoms with E-state index in [0.717, 1.165) is 17.3 Å². The van der Waals surface area contributed by atoms with Gasteiger partial charge in [-0.3, -0.25) is 0 Å². The highest BCUT2D eigenvalue weighted by atomic mass is 32.2. The third kappa shape index (κ3) is 3.80. The van der Waals surface area contributed by atoms with Gasteiger partial charge in [-0.15, -0.1) is 0 Å². The summed E-state index contributed by atoms with van der Waals surface area (Å²) in [6.45, 7) is 0. The molecule has 0 aliphatic heterocycles. The van der Waals surface area contributed by atoms with Crippen molar-refractivity contribution >= 4 is 22.7 Å². The van der Waals surface area contributed by atoms with Crippen LogP contribution in [0, 0.1) is 0 Å². The molecular formula is C19H12F3N3OS. The van der Waals surface area contributed by atoms with Gasteiger partial charge in [0.1, 0.15) is 5.03 Å². The van der Waals surface area contributed by atoms with Crippen LogP contribution >= 0.6 is 11.8 Å². The molecule has 2 aromatic carbocycles. The number of aromatic nitrogens is 3. The number of nitrogens with zero attached hydrogens (tertiary/aromatic N) is 3. The Morgan fingerprint density at radius 3 is 2.44 bits per heavy atom. The van der Waals surface area contributed by atoms with Crippen molar-refractivity contribution < 1.29 is 17.6 Å². The summed E-state index contributed by atoms with van der Waals surface area (Å²) < 4.78 is 45.0. The summed E-state index contributed by atoms with van der Waals surface area (Å²) >= 11 is 1.13. The van der Waals surface area contributed by atoms with Gasteiger partial charge in [0, 0.05) is 10.9 Å². The lowest BCUT2D eigenvalue weighted by molar-refractivity contribution is -0.145. The zero-order chi connectivity index (χ0) is 18.9. The van der Waals surface area contributed by atoms with Crippen molar-refractivity contribution in [2.24, 2.45) is 0 Å². The van der Waals surface area contributed by atoms with Crippen LogP contribution in [0.3, 0.4) is 0 Å². The summed E-state index contributed by atoms with van der Waals surface area (Å²) in [5.41, 5.74) is 1.13. The highest BCUT2D eigenvalue weighted by molar-refractivity contribution is 7.98. The number of alkyl halides is 3. The van der Waals surface area contributed by atoms with Gasteiger partial charge in [-0.2, -0.15) is 13.2 Å². The van der Waals surface area contributed by atoms with Gasteiger partial charge in [-0.25, -0.2) is 15.0 Å². The van der Waals surface area contributed by atoms with Gasteiger partial charge in [-0.05, 0) is 6.07 Å². The molecule has 0 N–H and O–H groups in total. The topological polar surface area (TPSA) is 51.8 Å². The fourth-order valence-corrected chi connectivity index (χ4v) is 3.40. The first kappa shape index (κ1) is 17.5. The van der Waals surface area contributed by atoms with Crippen LogP contribution in [0.4, 0.5) is 13.2 Å². The van der Waals surface area contributed by atoms with Gasteiger partial charge in [0.25, 0.3) is 0 Å². The zero-order valence-corrected chi connectivity index (χ0v) is 14.6. The van der Waals surface area contributed by atoms with E-state index >= 15 is 0 Å². The molecule has 4 rings (SSSR count). The minimum Gasteiger partial charge on any atom is -0.440 e. The Kier molecular flexibility index (Phi) is 4.57. The summed E-state index contributed by atoms with van der Waals surface area (Å²) in [4.78, 5) is 11.5. The Morgan fingerprint density at radius 2 is 1.67 bits per heavy atom. The Bertz CT molecular complexity index is 1080. The Morgan fingerprint density at radius 1 is 0.926 bits per heavy atom. The lowest BCUT2D eigenvalue weighted by Gasteiger charge is -2.09. The van der Waals surface area contributed by atoms with Gasteiger partial charge in [0.2, 0.25) is 11.7 Å². The number of benzene rings is 2. The number of hydrogen-bond acceptors (Lipinski definition) is 5. The highest BCUT2D eigenvalue weighted by Gasteiger charge is 2.35. The molecule has 2 heterocycles. The first-order valence-electron chi connectivity index (χ1n) is 7.97. The Hall–Kier alpha value is -2.87. The standard InChI is InChI=1S/C19H12F3N3OS/c20-19(21,22)18-24-14-9-5-4-8-13(14)17(25-18)27-11-16-23-10-15(26-16)12-6-2-1-3-7-12/h1-10H,11H2. The molecule has 0 amide bonds. The second-order valence-corrected chi connectivity index (χ2v) is 6.60. The molecule has 27 heavy (non-hydrogen) atoms. The molecule has 0 radical (unpaired) electrons. The van der Waals surface area contributed by atoms with Crippen molar-refractivity contribution in [1.82, 2.24) is 15.0 Å². The van der Waals surface area contributed by atoms with E-state index in [1.807, 2.05) is 30.3 Å². The zero-order valence-electron chi connectivity index (χ0n) is 13.8. The first-order chi connectivity index (χ1) is 13.0. The van der Waals surface area contributed by atoms with Crippen LogP contribution in [0.15, 0.2) is 70.2 Å². The molecule has 0 aliphatic carbocycles. The van der Waals surface area contributed by atoms with E-state index < -0.39 is 12.0 Å². The lowest BCUT2D eigenvalue weighted by Crippen LogP contribution is -2.11. The second kappa shape index (κ2) is 7.03. The summed E-state index contributed by atoms with van der Waals surface area (Å²) in [5, 5.41) is 0.803. The molecule has 0 fully saturated rings. The van der Waals surface area contributed by atoms with E-state index in [1.165, 1.54) is 6.07 Å². The summed E-state index contributed by atoms with van der Waals surface area (Å²) in [6, 6.07) is 16.1. The van der Waals surface area contributed by atoms with Crippen LogP contribution in [-0.2, 0) is 11.9 Å². The average Bonchev–Trinajstić information content (AvgIpc) is 3.15. The largest absolute Gasteiger partial charge is 0.451 e. The fraction of sp³-hybridized carbons (Fsp3) is 0.105. The van der Waals surface area contributed by atoms with Crippen LogP contribution in [0.5, 0.6) is 0 Å². The van der Waals surface area contributed by atoms with Crippen LogP contribution in [0.25, 0.3) is 22.2 Å². The number of rotatable bonds is 4. The maximum Gasteiger partial charge on any atom is 0.451 e. The highest BCUT2D eigenvalue weighted by Crippen LogP contribution is 2.33. The minimum atomic E-state index is -4.61. The maximum atomic E-state index is 13.1. The van der Waals surface area contributed by atoms with Crippen molar-refractivity contribution in [3.8, 4) is 11.3 Å². The number of thioether (sulfide) groups is 1. The van der Waals surface area contributed by atoms with Crippen molar-refractivity contribution in [2.45, 2.75) is 17.0 Å². The van der Waals surface area contributed by atoms with Gasteiger partial charge < -0.3 is 4.42 Å². The average molecular weight is 387 g/mol. The number of oxazole rings is 1. The van der Waals surface area contributed by atoms with Crippen molar-refractivity contribution in [2.75, 3.05) is 0 Å². The molecular weight excluding hydrogens is 375 g/mol. The van der Waals surface area contributed by atoms with E-state index in [9.17, 15) is 13.2 Å². The molecule has 0 spiro atoms. The summed E-state index contributed by atoms with van der Waals surface area (Å²) in [6.07, 6.45) is -3.01. The number of para-hydroxylation sites is 1. The van der Waals surface area contributed by atoms with E-state index in [4.69, 9.17) is 4.42 Å². The molecule has 0 unspecified atom stereocenters.